The molecule has 0 aliphatic heterocycles. The fourth-order valence-corrected chi connectivity index (χ4v) is 1.91. The highest BCUT2D eigenvalue weighted by Crippen LogP contribution is 2.20. The zero-order valence-corrected chi connectivity index (χ0v) is 11.5. The van der Waals surface area contributed by atoms with Crippen LogP contribution in [0.4, 0.5) is 0 Å². The summed E-state index contributed by atoms with van der Waals surface area (Å²) in [6, 6.07) is 8.56. The Bertz CT molecular complexity index is 325. The van der Waals surface area contributed by atoms with E-state index in [0.717, 1.165) is 11.4 Å². The average Bonchev–Trinajstić information content (AvgIpc) is 2.35. The van der Waals surface area contributed by atoms with Gasteiger partial charge in [-0.1, -0.05) is 37.6 Å². The maximum absolute atomic E-state index is 9.14. The fourth-order valence-electron chi connectivity index (χ4n) is 1.78. The van der Waals surface area contributed by atoms with Gasteiger partial charge in [-0.15, -0.1) is 0 Å². The molecule has 0 saturated heterocycles. The summed E-state index contributed by atoms with van der Waals surface area (Å²) < 4.78 is 0. The molecule has 0 saturated carbocycles. The molecule has 17 heavy (non-hydrogen) atoms. The van der Waals surface area contributed by atoms with Crippen molar-refractivity contribution in [2.24, 2.45) is 5.92 Å². The Kier molecular flexibility index (Phi) is 5.96. The van der Waals surface area contributed by atoms with Crippen molar-refractivity contribution in [2.45, 2.75) is 39.3 Å². The van der Waals surface area contributed by atoms with E-state index in [1.165, 1.54) is 5.56 Å². The van der Waals surface area contributed by atoms with Crippen LogP contribution in [0.3, 0.4) is 0 Å². The van der Waals surface area contributed by atoms with Crippen LogP contribution in [0.1, 0.15) is 38.8 Å². The SMILES string of the molecule is CCC(NC(C)C(C)CO)c1ccc(Cl)cc1. The highest BCUT2D eigenvalue weighted by atomic mass is 35.5. The Morgan fingerprint density at radius 2 is 1.82 bits per heavy atom. The van der Waals surface area contributed by atoms with Gasteiger partial charge in [-0.3, -0.25) is 0 Å². The van der Waals surface area contributed by atoms with Crippen molar-refractivity contribution in [3.63, 3.8) is 0 Å². The quantitative estimate of drug-likeness (QED) is 0.817. The highest BCUT2D eigenvalue weighted by molar-refractivity contribution is 6.30. The van der Waals surface area contributed by atoms with Gasteiger partial charge in [0.1, 0.15) is 0 Å². The van der Waals surface area contributed by atoms with Crippen LogP contribution >= 0.6 is 11.6 Å². The van der Waals surface area contributed by atoms with E-state index in [0.29, 0.717) is 12.1 Å². The zero-order chi connectivity index (χ0) is 12.8. The molecule has 0 radical (unpaired) electrons. The minimum Gasteiger partial charge on any atom is -0.396 e. The van der Waals surface area contributed by atoms with Gasteiger partial charge in [-0.05, 0) is 37.0 Å². The van der Waals surface area contributed by atoms with Crippen LogP contribution in [0, 0.1) is 5.92 Å². The molecular formula is C14H22ClNO. The van der Waals surface area contributed by atoms with E-state index in [1.54, 1.807) is 0 Å². The van der Waals surface area contributed by atoms with E-state index in [9.17, 15) is 0 Å². The monoisotopic (exact) mass is 255 g/mol. The Balaban J connectivity index is 2.68. The first-order valence-corrected chi connectivity index (χ1v) is 6.58. The second kappa shape index (κ2) is 7.00. The maximum atomic E-state index is 9.14. The van der Waals surface area contributed by atoms with Crippen LogP contribution in [-0.4, -0.2) is 17.8 Å². The summed E-state index contributed by atoms with van der Waals surface area (Å²) in [5, 5.41) is 13.5. The summed E-state index contributed by atoms with van der Waals surface area (Å²) in [6.07, 6.45) is 1.02. The van der Waals surface area contributed by atoms with E-state index in [2.05, 4.69) is 31.3 Å². The normalized spacial score (nSPS) is 16.5. The van der Waals surface area contributed by atoms with E-state index in [4.69, 9.17) is 16.7 Å². The number of benzene rings is 1. The van der Waals surface area contributed by atoms with E-state index in [1.807, 2.05) is 19.1 Å². The van der Waals surface area contributed by atoms with Crippen molar-refractivity contribution in [1.29, 1.82) is 0 Å². The lowest BCUT2D eigenvalue weighted by molar-refractivity contribution is 0.200. The first kappa shape index (κ1) is 14.5. The van der Waals surface area contributed by atoms with Crippen molar-refractivity contribution < 1.29 is 5.11 Å². The van der Waals surface area contributed by atoms with Gasteiger partial charge in [0.15, 0.2) is 0 Å². The second-order valence-electron chi connectivity index (χ2n) is 4.63. The van der Waals surface area contributed by atoms with E-state index >= 15 is 0 Å². The lowest BCUT2D eigenvalue weighted by Gasteiger charge is -2.26. The molecule has 1 rings (SSSR count). The summed E-state index contributed by atoms with van der Waals surface area (Å²) in [4.78, 5) is 0. The molecule has 2 nitrogen and oxygen atoms in total. The molecule has 96 valence electrons. The lowest BCUT2D eigenvalue weighted by atomic mass is 9.99. The molecule has 0 spiro atoms. The van der Waals surface area contributed by atoms with Gasteiger partial charge in [0, 0.05) is 23.7 Å². The van der Waals surface area contributed by atoms with Crippen LogP contribution in [0.5, 0.6) is 0 Å². The average molecular weight is 256 g/mol. The van der Waals surface area contributed by atoms with Gasteiger partial charge in [-0.25, -0.2) is 0 Å². The van der Waals surface area contributed by atoms with Gasteiger partial charge < -0.3 is 10.4 Å². The molecule has 0 aromatic heterocycles. The highest BCUT2D eigenvalue weighted by Gasteiger charge is 2.16. The molecule has 0 fully saturated rings. The molecule has 2 N–H and O–H groups in total. The number of rotatable bonds is 6. The summed E-state index contributed by atoms with van der Waals surface area (Å²) >= 11 is 5.88. The smallest absolute Gasteiger partial charge is 0.0471 e. The predicted octanol–water partition coefficient (Wildman–Crippen LogP) is 3.40. The molecule has 3 heteroatoms. The van der Waals surface area contributed by atoms with E-state index < -0.39 is 0 Å². The Morgan fingerprint density at radius 3 is 2.29 bits per heavy atom. The minimum absolute atomic E-state index is 0.214. The maximum Gasteiger partial charge on any atom is 0.0471 e. The minimum atomic E-state index is 0.214. The Morgan fingerprint density at radius 1 is 1.24 bits per heavy atom. The Hall–Kier alpha value is -0.570. The summed E-state index contributed by atoms with van der Waals surface area (Å²) in [7, 11) is 0. The van der Waals surface area contributed by atoms with Crippen molar-refractivity contribution in [3.8, 4) is 0 Å². The number of halogens is 1. The molecule has 1 aromatic rings. The van der Waals surface area contributed by atoms with Crippen molar-refractivity contribution in [1.82, 2.24) is 5.32 Å². The van der Waals surface area contributed by atoms with Crippen molar-refractivity contribution in [3.05, 3.63) is 34.9 Å². The topological polar surface area (TPSA) is 32.3 Å². The number of aliphatic hydroxyl groups is 1. The van der Waals surface area contributed by atoms with Crippen LogP contribution < -0.4 is 5.32 Å². The number of nitrogens with one attached hydrogen (secondary N) is 1. The third-order valence-electron chi connectivity index (χ3n) is 3.29. The zero-order valence-electron chi connectivity index (χ0n) is 10.8. The van der Waals surface area contributed by atoms with Crippen LogP contribution in [0.25, 0.3) is 0 Å². The predicted molar refractivity (Wildman–Crippen MR) is 73.3 cm³/mol. The van der Waals surface area contributed by atoms with Crippen LogP contribution in [0.2, 0.25) is 5.02 Å². The summed E-state index contributed by atoms with van der Waals surface area (Å²) in [6.45, 7) is 6.53. The third kappa shape index (κ3) is 4.30. The first-order chi connectivity index (χ1) is 8.08. The number of hydrogen-bond acceptors (Lipinski definition) is 2. The molecule has 3 unspecified atom stereocenters. The van der Waals surface area contributed by atoms with E-state index in [-0.39, 0.29) is 12.5 Å². The lowest BCUT2D eigenvalue weighted by Crippen LogP contribution is -2.36. The standard InChI is InChI=1S/C14H22ClNO/c1-4-14(16-11(3)10(2)9-17)12-5-7-13(15)8-6-12/h5-8,10-11,14,16-17H,4,9H2,1-3H3. The molecule has 0 amide bonds. The molecule has 3 atom stereocenters. The molecule has 0 aliphatic carbocycles. The van der Waals surface area contributed by atoms with Gasteiger partial charge in [0.25, 0.3) is 0 Å². The molecule has 0 heterocycles. The summed E-state index contributed by atoms with van der Waals surface area (Å²) in [5.74, 6) is 0.261. The van der Waals surface area contributed by atoms with Gasteiger partial charge in [0.05, 0.1) is 0 Å². The van der Waals surface area contributed by atoms with Crippen molar-refractivity contribution >= 4 is 11.6 Å². The molecular weight excluding hydrogens is 234 g/mol. The number of aliphatic hydroxyl groups excluding tert-OH is 1. The summed E-state index contributed by atoms with van der Waals surface area (Å²) in [5.41, 5.74) is 1.24. The van der Waals surface area contributed by atoms with Gasteiger partial charge >= 0.3 is 0 Å². The number of hydrogen-bond donors (Lipinski definition) is 2. The van der Waals surface area contributed by atoms with Gasteiger partial charge in [0.2, 0.25) is 0 Å². The second-order valence-corrected chi connectivity index (χ2v) is 5.06. The first-order valence-electron chi connectivity index (χ1n) is 6.20. The van der Waals surface area contributed by atoms with Crippen LogP contribution in [0.15, 0.2) is 24.3 Å². The largest absolute Gasteiger partial charge is 0.396 e. The fraction of sp³-hybridized carbons (Fsp3) is 0.571. The molecule has 0 aliphatic rings. The Labute approximate surface area is 109 Å². The molecule has 0 bridgehead atoms. The van der Waals surface area contributed by atoms with Crippen molar-refractivity contribution in [2.75, 3.05) is 6.61 Å². The third-order valence-corrected chi connectivity index (χ3v) is 3.54. The van der Waals surface area contributed by atoms with Gasteiger partial charge in [-0.2, -0.15) is 0 Å². The van der Waals surface area contributed by atoms with Crippen LogP contribution in [-0.2, 0) is 0 Å². The molecule has 1 aromatic carbocycles.